The van der Waals surface area contributed by atoms with Gasteiger partial charge in [0.05, 0.1) is 17.6 Å². The van der Waals surface area contributed by atoms with Crippen molar-refractivity contribution < 1.29 is 5.11 Å². The van der Waals surface area contributed by atoms with Crippen LogP contribution >= 0.6 is 11.8 Å². The summed E-state index contributed by atoms with van der Waals surface area (Å²) >= 11 is 1.80. The molecule has 0 saturated carbocycles. The van der Waals surface area contributed by atoms with E-state index < -0.39 is 0 Å². The molecule has 14 heavy (non-hydrogen) atoms. The Balaban J connectivity index is 2.29. The van der Waals surface area contributed by atoms with E-state index in [1.165, 1.54) is 0 Å². The molecule has 0 fully saturated rings. The lowest BCUT2D eigenvalue weighted by molar-refractivity contribution is 0.282. The molecule has 0 radical (unpaired) electrons. The molecule has 4 heteroatoms. The summed E-state index contributed by atoms with van der Waals surface area (Å²) in [5, 5.41) is 10.2. The third kappa shape index (κ3) is 1.07. The Morgan fingerprint density at radius 2 is 2.43 bits per heavy atom. The van der Waals surface area contributed by atoms with Crippen LogP contribution in [0.4, 0.5) is 0 Å². The number of aromatic nitrogens is 2. The van der Waals surface area contributed by atoms with Crippen molar-refractivity contribution in [2.24, 2.45) is 0 Å². The fourth-order valence-corrected chi connectivity index (χ4v) is 2.76. The van der Waals surface area contributed by atoms with Crippen molar-refractivity contribution >= 4 is 22.8 Å². The molecule has 2 aromatic rings. The highest BCUT2D eigenvalue weighted by molar-refractivity contribution is 7.99. The molecule has 1 N–H and O–H groups in total. The summed E-state index contributed by atoms with van der Waals surface area (Å²) in [6.45, 7) is 1.13. The van der Waals surface area contributed by atoms with Gasteiger partial charge in [0.25, 0.3) is 0 Å². The number of aliphatic hydroxyl groups is 1. The molecule has 1 aliphatic rings. The Morgan fingerprint density at radius 1 is 1.50 bits per heavy atom. The van der Waals surface area contributed by atoms with E-state index in [9.17, 15) is 0 Å². The normalized spacial score (nSPS) is 14.9. The van der Waals surface area contributed by atoms with E-state index in [1.54, 1.807) is 11.8 Å². The van der Waals surface area contributed by atoms with Crippen LogP contribution in [0.1, 0.15) is 5.56 Å². The quantitative estimate of drug-likeness (QED) is 0.770. The fourth-order valence-electron chi connectivity index (χ4n) is 1.80. The highest BCUT2D eigenvalue weighted by Gasteiger charge is 2.16. The van der Waals surface area contributed by atoms with Gasteiger partial charge in [0.15, 0.2) is 5.16 Å². The zero-order chi connectivity index (χ0) is 9.54. The van der Waals surface area contributed by atoms with Gasteiger partial charge in [-0.05, 0) is 17.7 Å². The van der Waals surface area contributed by atoms with Crippen LogP contribution in [0.5, 0.6) is 0 Å². The number of hydrogen-bond donors (Lipinski definition) is 1. The van der Waals surface area contributed by atoms with Crippen molar-refractivity contribution in [2.45, 2.75) is 18.3 Å². The topological polar surface area (TPSA) is 38.1 Å². The lowest BCUT2D eigenvalue weighted by atomic mass is 10.2. The van der Waals surface area contributed by atoms with E-state index in [4.69, 9.17) is 5.11 Å². The molecule has 1 aliphatic heterocycles. The average Bonchev–Trinajstić information content (AvgIpc) is 2.76. The molecular formula is C10H10N2OS. The van der Waals surface area contributed by atoms with Crippen LogP contribution in [0, 0.1) is 0 Å². The predicted octanol–water partition coefficient (Wildman–Crippen LogP) is 1.63. The summed E-state index contributed by atoms with van der Waals surface area (Å²) in [4.78, 5) is 4.51. The molecule has 1 aromatic carbocycles. The molecule has 0 unspecified atom stereocenters. The van der Waals surface area contributed by atoms with Crippen LogP contribution in [0.3, 0.4) is 0 Å². The number of aliphatic hydroxyl groups excluding tert-OH is 1. The number of thioether (sulfide) groups is 1. The lowest BCUT2D eigenvalue weighted by Gasteiger charge is -1.99. The minimum atomic E-state index is 0.101. The van der Waals surface area contributed by atoms with Crippen LogP contribution in [0.2, 0.25) is 0 Å². The average molecular weight is 206 g/mol. The number of fused-ring (bicyclic) bond motifs is 3. The van der Waals surface area contributed by atoms with Gasteiger partial charge in [0.1, 0.15) is 0 Å². The van der Waals surface area contributed by atoms with Gasteiger partial charge < -0.3 is 9.67 Å². The van der Waals surface area contributed by atoms with Crippen LogP contribution in [-0.4, -0.2) is 20.4 Å². The molecule has 0 atom stereocenters. The summed E-state index contributed by atoms with van der Waals surface area (Å²) in [5.41, 5.74) is 3.14. The molecule has 3 rings (SSSR count). The van der Waals surface area contributed by atoms with E-state index in [0.29, 0.717) is 0 Å². The molecule has 0 amide bonds. The zero-order valence-electron chi connectivity index (χ0n) is 7.60. The van der Waals surface area contributed by atoms with Crippen LogP contribution < -0.4 is 0 Å². The van der Waals surface area contributed by atoms with Crippen LogP contribution in [-0.2, 0) is 13.2 Å². The summed E-state index contributed by atoms with van der Waals surface area (Å²) < 4.78 is 2.22. The molecule has 0 aliphatic carbocycles. The molecule has 1 aromatic heterocycles. The smallest absolute Gasteiger partial charge is 0.169 e. The minimum absolute atomic E-state index is 0.101. The molecule has 2 heterocycles. The Hall–Kier alpha value is -1.00. The van der Waals surface area contributed by atoms with Crippen molar-refractivity contribution in [1.29, 1.82) is 0 Å². The first-order valence-electron chi connectivity index (χ1n) is 4.61. The highest BCUT2D eigenvalue weighted by Crippen LogP contribution is 2.29. The van der Waals surface area contributed by atoms with E-state index in [2.05, 4.69) is 9.55 Å². The maximum Gasteiger partial charge on any atom is 0.169 e. The van der Waals surface area contributed by atoms with E-state index in [0.717, 1.165) is 34.1 Å². The Morgan fingerprint density at radius 3 is 3.29 bits per heavy atom. The first-order valence-corrected chi connectivity index (χ1v) is 5.60. The standard InChI is InChI=1S/C10H10N2OS/c13-6-7-1-2-8-9(5-7)12-3-4-14-10(12)11-8/h1-2,5,13H,3-4,6H2. The Labute approximate surface area is 85.8 Å². The minimum Gasteiger partial charge on any atom is -0.392 e. The number of rotatable bonds is 1. The number of benzene rings is 1. The molecular weight excluding hydrogens is 196 g/mol. The molecule has 72 valence electrons. The zero-order valence-corrected chi connectivity index (χ0v) is 8.42. The maximum absolute atomic E-state index is 9.05. The van der Waals surface area contributed by atoms with Crippen LogP contribution in [0.25, 0.3) is 11.0 Å². The van der Waals surface area contributed by atoms with Gasteiger partial charge in [0.2, 0.25) is 0 Å². The SMILES string of the molecule is OCc1ccc2nc3n(c2c1)CCS3. The molecule has 3 nitrogen and oxygen atoms in total. The van der Waals surface area contributed by atoms with Gasteiger partial charge in [-0.2, -0.15) is 0 Å². The van der Waals surface area contributed by atoms with Crippen LogP contribution in [0.15, 0.2) is 23.4 Å². The summed E-state index contributed by atoms with van der Waals surface area (Å²) in [6, 6.07) is 5.93. The Kier molecular flexibility index (Phi) is 1.78. The number of imidazole rings is 1. The van der Waals surface area contributed by atoms with Crippen molar-refractivity contribution in [2.75, 3.05) is 5.75 Å². The molecule has 0 spiro atoms. The van der Waals surface area contributed by atoms with E-state index >= 15 is 0 Å². The first kappa shape index (κ1) is 8.32. The molecule has 0 saturated heterocycles. The molecule has 0 bridgehead atoms. The summed E-state index contributed by atoms with van der Waals surface area (Å²) in [7, 11) is 0. The third-order valence-electron chi connectivity index (χ3n) is 2.51. The van der Waals surface area contributed by atoms with Gasteiger partial charge >= 0.3 is 0 Å². The first-order chi connectivity index (χ1) is 6.88. The monoisotopic (exact) mass is 206 g/mol. The van der Waals surface area contributed by atoms with Gasteiger partial charge in [-0.25, -0.2) is 4.98 Å². The predicted molar refractivity (Wildman–Crippen MR) is 56.4 cm³/mol. The number of hydrogen-bond acceptors (Lipinski definition) is 3. The van der Waals surface area contributed by atoms with Gasteiger partial charge in [-0.1, -0.05) is 17.8 Å². The largest absolute Gasteiger partial charge is 0.392 e. The number of aryl methyl sites for hydroxylation is 1. The summed E-state index contributed by atoms with van der Waals surface area (Å²) in [6.07, 6.45) is 0. The van der Waals surface area contributed by atoms with Crippen molar-refractivity contribution in [1.82, 2.24) is 9.55 Å². The van der Waals surface area contributed by atoms with E-state index in [1.807, 2.05) is 18.2 Å². The Bertz CT molecular complexity index is 492. The van der Waals surface area contributed by atoms with Crippen molar-refractivity contribution in [3.63, 3.8) is 0 Å². The number of nitrogens with zero attached hydrogens (tertiary/aromatic N) is 2. The van der Waals surface area contributed by atoms with Gasteiger partial charge in [-0.15, -0.1) is 0 Å². The second-order valence-electron chi connectivity index (χ2n) is 3.38. The van der Waals surface area contributed by atoms with Gasteiger partial charge in [-0.3, -0.25) is 0 Å². The second kappa shape index (κ2) is 3.00. The summed E-state index contributed by atoms with van der Waals surface area (Å²) in [5.74, 6) is 1.11. The lowest BCUT2D eigenvalue weighted by Crippen LogP contribution is -1.93. The van der Waals surface area contributed by atoms with Crippen molar-refractivity contribution in [3.8, 4) is 0 Å². The highest BCUT2D eigenvalue weighted by atomic mass is 32.2. The van der Waals surface area contributed by atoms with Gasteiger partial charge in [0, 0.05) is 12.3 Å². The van der Waals surface area contributed by atoms with E-state index in [-0.39, 0.29) is 6.61 Å². The third-order valence-corrected chi connectivity index (χ3v) is 3.46. The second-order valence-corrected chi connectivity index (χ2v) is 4.44. The maximum atomic E-state index is 9.05. The fraction of sp³-hybridized carbons (Fsp3) is 0.300. The van der Waals surface area contributed by atoms with Crippen molar-refractivity contribution in [3.05, 3.63) is 23.8 Å².